The summed E-state index contributed by atoms with van der Waals surface area (Å²) in [5, 5.41) is 0. The average Bonchev–Trinajstić information content (AvgIpc) is 2.61. The summed E-state index contributed by atoms with van der Waals surface area (Å²) >= 11 is 3.15. The van der Waals surface area contributed by atoms with E-state index in [1.807, 2.05) is 6.92 Å². The molecule has 82 valence electrons. The van der Waals surface area contributed by atoms with Gasteiger partial charge in [0, 0.05) is 6.04 Å². The first kappa shape index (κ1) is 10.7. The molecule has 3 nitrogen and oxygen atoms in total. The molecule has 0 fully saturated rings. The van der Waals surface area contributed by atoms with Gasteiger partial charge in [0.15, 0.2) is 11.5 Å². The Morgan fingerprint density at radius 3 is 3.00 bits per heavy atom. The van der Waals surface area contributed by atoms with E-state index in [1.165, 1.54) is 0 Å². The highest BCUT2D eigenvalue weighted by Crippen LogP contribution is 2.42. The first-order valence-corrected chi connectivity index (χ1v) is 5.41. The minimum Gasteiger partial charge on any atom is -0.454 e. The molecule has 1 unspecified atom stereocenters. The monoisotopic (exact) mass is 275 g/mol. The van der Waals surface area contributed by atoms with Crippen LogP contribution >= 0.6 is 15.9 Å². The molecular formula is C10H11BrFNO2. The molecule has 0 aromatic heterocycles. The van der Waals surface area contributed by atoms with Gasteiger partial charge < -0.3 is 15.2 Å². The normalized spacial score (nSPS) is 15.5. The van der Waals surface area contributed by atoms with Crippen molar-refractivity contribution in [2.45, 2.75) is 19.4 Å². The summed E-state index contributed by atoms with van der Waals surface area (Å²) in [5.74, 6) is 0.677. The Hall–Kier alpha value is -0.810. The van der Waals surface area contributed by atoms with Crippen molar-refractivity contribution in [2.75, 3.05) is 6.79 Å². The Labute approximate surface area is 95.5 Å². The Morgan fingerprint density at radius 1 is 1.60 bits per heavy atom. The number of benzene rings is 1. The molecule has 0 saturated carbocycles. The van der Waals surface area contributed by atoms with Crippen LogP contribution in [-0.4, -0.2) is 12.8 Å². The van der Waals surface area contributed by atoms with Gasteiger partial charge in [-0.05, 0) is 40.9 Å². The van der Waals surface area contributed by atoms with E-state index in [2.05, 4.69) is 15.9 Å². The largest absolute Gasteiger partial charge is 0.454 e. The van der Waals surface area contributed by atoms with Crippen LogP contribution in [0.25, 0.3) is 0 Å². The molecular weight excluding hydrogens is 265 g/mol. The van der Waals surface area contributed by atoms with Crippen LogP contribution in [0.3, 0.4) is 0 Å². The van der Waals surface area contributed by atoms with Crippen LogP contribution in [0.1, 0.15) is 12.5 Å². The second kappa shape index (κ2) is 3.98. The van der Waals surface area contributed by atoms with Gasteiger partial charge in [-0.25, -0.2) is 4.39 Å². The molecule has 5 heteroatoms. The van der Waals surface area contributed by atoms with Gasteiger partial charge in [-0.3, -0.25) is 0 Å². The van der Waals surface area contributed by atoms with Crippen LogP contribution in [0.15, 0.2) is 10.5 Å². The van der Waals surface area contributed by atoms with Crippen molar-refractivity contribution in [3.8, 4) is 11.5 Å². The lowest BCUT2D eigenvalue weighted by Crippen LogP contribution is -2.18. The smallest absolute Gasteiger partial charge is 0.231 e. The molecule has 1 heterocycles. The third kappa shape index (κ3) is 1.94. The van der Waals surface area contributed by atoms with Crippen LogP contribution < -0.4 is 15.2 Å². The highest BCUT2D eigenvalue weighted by Gasteiger charge is 2.23. The fourth-order valence-electron chi connectivity index (χ4n) is 1.52. The highest BCUT2D eigenvalue weighted by molar-refractivity contribution is 9.10. The van der Waals surface area contributed by atoms with Crippen molar-refractivity contribution in [1.82, 2.24) is 0 Å². The van der Waals surface area contributed by atoms with E-state index in [4.69, 9.17) is 15.2 Å². The van der Waals surface area contributed by atoms with Gasteiger partial charge in [-0.2, -0.15) is 0 Å². The molecule has 2 N–H and O–H groups in total. The van der Waals surface area contributed by atoms with E-state index in [1.54, 1.807) is 6.07 Å². The average molecular weight is 276 g/mol. The van der Waals surface area contributed by atoms with E-state index in [-0.39, 0.29) is 18.7 Å². The van der Waals surface area contributed by atoms with Gasteiger partial charge in [-0.15, -0.1) is 0 Å². The maximum atomic E-state index is 13.8. The standard InChI is InChI=1S/C10H11BrFNO2/c1-5(13)2-6-3-7-10(15-4-14-7)8(11)9(6)12/h3,5H,2,4,13H2,1H3. The molecule has 0 bridgehead atoms. The lowest BCUT2D eigenvalue weighted by atomic mass is 10.1. The fourth-order valence-corrected chi connectivity index (χ4v) is 2.09. The minimum atomic E-state index is -0.323. The van der Waals surface area contributed by atoms with Crippen LogP contribution in [-0.2, 0) is 6.42 Å². The quantitative estimate of drug-likeness (QED) is 0.900. The molecule has 1 aliphatic rings. The minimum absolute atomic E-state index is 0.0910. The maximum absolute atomic E-state index is 13.8. The molecule has 1 aliphatic heterocycles. The first-order valence-electron chi connectivity index (χ1n) is 4.61. The summed E-state index contributed by atoms with van der Waals surface area (Å²) < 4.78 is 24.4. The van der Waals surface area contributed by atoms with E-state index in [0.717, 1.165) is 0 Å². The molecule has 1 aromatic carbocycles. The summed E-state index contributed by atoms with van der Waals surface area (Å²) in [7, 11) is 0. The Balaban J connectivity index is 2.44. The van der Waals surface area contributed by atoms with Crippen LogP contribution in [0.4, 0.5) is 4.39 Å². The van der Waals surface area contributed by atoms with Gasteiger partial charge in [0.2, 0.25) is 6.79 Å². The van der Waals surface area contributed by atoms with E-state index < -0.39 is 0 Å². The van der Waals surface area contributed by atoms with Crippen LogP contribution in [0.2, 0.25) is 0 Å². The lowest BCUT2D eigenvalue weighted by molar-refractivity contribution is 0.173. The third-order valence-corrected chi connectivity index (χ3v) is 2.87. The SMILES string of the molecule is CC(N)Cc1cc2c(c(Br)c1F)OCO2. The zero-order chi connectivity index (χ0) is 11.0. The van der Waals surface area contributed by atoms with Gasteiger partial charge in [0.25, 0.3) is 0 Å². The van der Waals surface area contributed by atoms with Crippen molar-refractivity contribution in [1.29, 1.82) is 0 Å². The lowest BCUT2D eigenvalue weighted by Gasteiger charge is -2.09. The Morgan fingerprint density at radius 2 is 2.33 bits per heavy atom. The number of nitrogens with two attached hydrogens (primary N) is 1. The van der Waals surface area contributed by atoms with E-state index in [0.29, 0.717) is 28.0 Å². The number of hydrogen-bond donors (Lipinski definition) is 1. The molecule has 0 saturated heterocycles. The molecule has 0 radical (unpaired) electrons. The summed E-state index contributed by atoms with van der Waals surface area (Å²) in [6.45, 7) is 1.97. The van der Waals surface area contributed by atoms with Crippen LogP contribution in [0, 0.1) is 5.82 Å². The van der Waals surface area contributed by atoms with Gasteiger partial charge >= 0.3 is 0 Å². The molecule has 15 heavy (non-hydrogen) atoms. The predicted molar refractivity (Wildman–Crippen MR) is 57.6 cm³/mol. The molecule has 0 spiro atoms. The van der Waals surface area contributed by atoms with Crippen molar-refractivity contribution in [3.05, 3.63) is 21.9 Å². The van der Waals surface area contributed by atoms with Crippen LogP contribution in [0.5, 0.6) is 11.5 Å². The topological polar surface area (TPSA) is 44.5 Å². The summed E-state index contributed by atoms with van der Waals surface area (Å²) in [6, 6.07) is 1.55. The number of rotatable bonds is 2. The molecule has 1 atom stereocenters. The number of halogens is 2. The number of hydrogen-bond acceptors (Lipinski definition) is 3. The third-order valence-electron chi connectivity index (χ3n) is 2.16. The van der Waals surface area contributed by atoms with Crippen molar-refractivity contribution >= 4 is 15.9 Å². The summed E-state index contributed by atoms with van der Waals surface area (Å²) in [5.41, 5.74) is 6.18. The zero-order valence-corrected chi connectivity index (χ0v) is 9.80. The van der Waals surface area contributed by atoms with Gasteiger partial charge in [0.05, 0.1) is 4.47 Å². The molecule has 0 aliphatic carbocycles. The molecule has 0 amide bonds. The van der Waals surface area contributed by atoms with Crippen molar-refractivity contribution < 1.29 is 13.9 Å². The highest BCUT2D eigenvalue weighted by atomic mass is 79.9. The van der Waals surface area contributed by atoms with Crippen molar-refractivity contribution in [3.63, 3.8) is 0 Å². The van der Waals surface area contributed by atoms with Gasteiger partial charge in [-0.1, -0.05) is 0 Å². The maximum Gasteiger partial charge on any atom is 0.231 e. The van der Waals surface area contributed by atoms with Crippen molar-refractivity contribution in [2.24, 2.45) is 5.73 Å². The second-order valence-electron chi connectivity index (χ2n) is 3.58. The van der Waals surface area contributed by atoms with Gasteiger partial charge in [0.1, 0.15) is 5.82 Å². The summed E-state index contributed by atoms with van der Waals surface area (Å²) in [4.78, 5) is 0. The predicted octanol–water partition coefficient (Wildman–Crippen LogP) is 2.21. The second-order valence-corrected chi connectivity index (χ2v) is 4.37. The fraction of sp³-hybridized carbons (Fsp3) is 0.400. The van der Waals surface area contributed by atoms with E-state index in [9.17, 15) is 4.39 Å². The summed E-state index contributed by atoms with van der Waals surface area (Å²) in [6.07, 6.45) is 0.473. The molecule has 1 aromatic rings. The molecule has 2 rings (SSSR count). The van der Waals surface area contributed by atoms with E-state index >= 15 is 0 Å². The number of fused-ring (bicyclic) bond motifs is 1. The Kier molecular flexibility index (Phi) is 2.84. The zero-order valence-electron chi connectivity index (χ0n) is 8.22. The number of ether oxygens (including phenoxy) is 2. The Bertz CT molecular complexity index is 395. The first-order chi connectivity index (χ1) is 7.09.